The summed E-state index contributed by atoms with van der Waals surface area (Å²) >= 11 is 1.36. The Morgan fingerprint density at radius 2 is 1.86 bits per heavy atom. The molecule has 1 amide bonds. The van der Waals surface area contributed by atoms with Crippen LogP contribution in [-0.2, 0) is 9.84 Å². The van der Waals surface area contributed by atoms with Crippen molar-refractivity contribution in [1.82, 2.24) is 0 Å². The van der Waals surface area contributed by atoms with E-state index in [4.69, 9.17) is 4.74 Å². The van der Waals surface area contributed by atoms with E-state index in [0.29, 0.717) is 16.5 Å². The van der Waals surface area contributed by atoms with Crippen LogP contribution in [0.2, 0.25) is 0 Å². The fourth-order valence-electron chi connectivity index (χ4n) is 3.54. The number of carbonyl (C=O) groups excluding carboxylic acids is 1. The Morgan fingerprint density at radius 3 is 2.57 bits per heavy atom. The van der Waals surface area contributed by atoms with Crippen molar-refractivity contribution in [3.8, 4) is 5.75 Å². The Hall–Kier alpha value is -2.32. The minimum atomic E-state index is -3.09. The number of aryl methyl sites for hydroxylation is 1. The number of fused-ring (bicyclic) bond motifs is 1. The number of methoxy groups -OCH3 is 1. The van der Waals surface area contributed by atoms with Crippen molar-refractivity contribution in [2.24, 2.45) is 4.99 Å². The molecule has 0 unspecified atom stereocenters. The van der Waals surface area contributed by atoms with E-state index in [9.17, 15) is 13.2 Å². The van der Waals surface area contributed by atoms with Crippen LogP contribution in [0.3, 0.4) is 0 Å². The van der Waals surface area contributed by atoms with Crippen molar-refractivity contribution in [2.45, 2.75) is 18.2 Å². The number of amides is 1. The van der Waals surface area contributed by atoms with Gasteiger partial charge >= 0.3 is 0 Å². The largest absolute Gasteiger partial charge is 0.496 e. The lowest BCUT2D eigenvalue weighted by Crippen LogP contribution is -2.37. The van der Waals surface area contributed by atoms with Gasteiger partial charge in [0.05, 0.1) is 30.2 Å². The first-order chi connectivity index (χ1) is 13.4. The number of sulfone groups is 1. The number of nitrogens with zero attached hydrogens (tertiary/aromatic N) is 2. The molecule has 4 rings (SSSR count). The number of anilines is 1. The third kappa shape index (κ3) is 3.54. The molecular weight excluding hydrogens is 396 g/mol. The number of carbonyl (C=O) groups is 1. The smallest absolute Gasteiger partial charge is 0.283 e. The summed E-state index contributed by atoms with van der Waals surface area (Å²) in [7, 11) is -1.58. The molecule has 2 aromatic rings. The van der Waals surface area contributed by atoms with Crippen LogP contribution in [-0.4, -0.2) is 49.4 Å². The molecule has 0 aromatic heterocycles. The van der Waals surface area contributed by atoms with Crippen LogP contribution in [0.4, 0.5) is 5.69 Å². The second-order valence-electron chi connectivity index (χ2n) is 6.91. The van der Waals surface area contributed by atoms with E-state index < -0.39 is 15.7 Å². The summed E-state index contributed by atoms with van der Waals surface area (Å²) < 4.78 is 29.6. The molecule has 2 fully saturated rings. The van der Waals surface area contributed by atoms with Gasteiger partial charge in [0.1, 0.15) is 5.75 Å². The highest BCUT2D eigenvalue weighted by Gasteiger charge is 2.49. The van der Waals surface area contributed by atoms with Crippen LogP contribution in [0.1, 0.15) is 15.9 Å². The van der Waals surface area contributed by atoms with E-state index in [1.165, 1.54) is 18.9 Å². The van der Waals surface area contributed by atoms with Crippen molar-refractivity contribution < 1.29 is 17.9 Å². The van der Waals surface area contributed by atoms with Gasteiger partial charge in [0.15, 0.2) is 15.0 Å². The quantitative estimate of drug-likeness (QED) is 0.766. The fraction of sp³-hybridized carbons (Fsp3) is 0.300. The van der Waals surface area contributed by atoms with Gasteiger partial charge in [-0.25, -0.2) is 8.42 Å². The number of para-hydroxylation sites is 1. The number of thioether (sulfide) groups is 1. The van der Waals surface area contributed by atoms with Crippen molar-refractivity contribution in [3.05, 3.63) is 59.7 Å². The van der Waals surface area contributed by atoms with Crippen molar-refractivity contribution in [2.75, 3.05) is 23.5 Å². The van der Waals surface area contributed by atoms with Crippen LogP contribution in [0.15, 0.2) is 53.5 Å². The van der Waals surface area contributed by atoms with Crippen molar-refractivity contribution in [1.29, 1.82) is 0 Å². The summed E-state index contributed by atoms with van der Waals surface area (Å²) in [5, 5.41) is 0.403. The van der Waals surface area contributed by atoms with E-state index in [2.05, 4.69) is 4.99 Å². The molecule has 28 heavy (non-hydrogen) atoms. The summed E-state index contributed by atoms with van der Waals surface area (Å²) in [4.78, 5) is 19.1. The van der Waals surface area contributed by atoms with Crippen LogP contribution >= 0.6 is 11.8 Å². The van der Waals surface area contributed by atoms with E-state index in [1.807, 2.05) is 36.1 Å². The van der Waals surface area contributed by atoms with E-state index in [-0.39, 0.29) is 22.8 Å². The Bertz CT molecular complexity index is 1050. The first-order valence-corrected chi connectivity index (χ1v) is 11.6. The summed E-state index contributed by atoms with van der Waals surface area (Å²) in [6, 6.07) is 14.5. The molecule has 0 saturated carbocycles. The molecule has 2 heterocycles. The highest BCUT2D eigenvalue weighted by molar-refractivity contribution is 8.16. The second-order valence-corrected chi connectivity index (χ2v) is 10.3. The third-order valence-electron chi connectivity index (χ3n) is 4.91. The number of rotatable bonds is 3. The zero-order valence-electron chi connectivity index (χ0n) is 15.5. The normalized spacial score (nSPS) is 24.4. The lowest BCUT2D eigenvalue weighted by molar-refractivity contribution is 0.1000. The molecule has 0 bridgehead atoms. The Morgan fingerprint density at radius 1 is 1.14 bits per heavy atom. The first-order valence-electron chi connectivity index (χ1n) is 8.87. The molecule has 2 aromatic carbocycles. The lowest BCUT2D eigenvalue weighted by atomic mass is 10.1. The average Bonchev–Trinajstić information content (AvgIpc) is 3.13. The molecule has 0 radical (unpaired) electrons. The van der Waals surface area contributed by atoms with Crippen molar-refractivity contribution in [3.63, 3.8) is 0 Å². The minimum absolute atomic E-state index is 0.0699. The van der Waals surface area contributed by atoms with Gasteiger partial charge in [-0.15, -0.1) is 0 Å². The van der Waals surface area contributed by atoms with E-state index in [0.717, 1.165) is 11.3 Å². The molecular formula is C20H20N2O4S2. The first kappa shape index (κ1) is 19.0. The van der Waals surface area contributed by atoms with Gasteiger partial charge in [-0.3, -0.25) is 4.79 Å². The second kappa shape index (κ2) is 7.25. The number of amidine groups is 1. The molecule has 2 atom stereocenters. The van der Waals surface area contributed by atoms with Gasteiger partial charge in [-0.2, -0.15) is 4.99 Å². The number of hydrogen-bond donors (Lipinski definition) is 0. The maximum atomic E-state index is 12.8. The molecule has 2 aliphatic heterocycles. The molecule has 8 heteroatoms. The SMILES string of the molecule is COc1ccccc1C(=O)N=C1S[C@H]2CS(=O)(=O)C[C@H]2N1c1ccc(C)cc1. The lowest BCUT2D eigenvalue weighted by Gasteiger charge is -2.24. The van der Waals surface area contributed by atoms with Crippen LogP contribution < -0.4 is 9.64 Å². The van der Waals surface area contributed by atoms with Crippen LogP contribution in [0, 0.1) is 6.92 Å². The summed E-state index contributed by atoms with van der Waals surface area (Å²) in [5.41, 5.74) is 2.33. The number of benzene rings is 2. The molecule has 2 aliphatic rings. The Labute approximate surface area is 168 Å². The highest BCUT2D eigenvalue weighted by atomic mass is 32.2. The fourth-order valence-corrected chi connectivity index (χ4v) is 7.45. The standard InChI is InChI=1S/C20H20N2O4S2/c1-13-7-9-14(10-8-13)22-16-11-28(24,25)12-18(16)27-20(22)21-19(23)15-5-3-4-6-17(15)26-2/h3-10,16,18H,11-12H2,1-2H3/t16-,18+/m1/s1. The predicted molar refractivity (Wildman–Crippen MR) is 112 cm³/mol. The van der Waals surface area contributed by atoms with Gasteiger partial charge in [0.2, 0.25) is 0 Å². The van der Waals surface area contributed by atoms with Gasteiger partial charge in [0.25, 0.3) is 5.91 Å². The summed E-state index contributed by atoms with van der Waals surface area (Å²) in [6.07, 6.45) is 0. The monoisotopic (exact) mass is 416 g/mol. The Kier molecular flexibility index (Phi) is 4.93. The zero-order valence-corrected chi connectivity index (χ0v) is 17.2. The number of hydrogen-bond acceptors (Lipinski definition) is 5. The molecule has 2 saturated heterocycles. The van der Waals surface area contributed by atoms with Gasteiger partial charge in [0, 0.05) is 10.9 Å². The molecule has 0 N–H and O–H groups in total. The maximum absolute atomic E-state index is 12.8. The topological polar surface area (TPSA) is 76.0 Å². The summed E-state index contributed by atoms with van der Waals surface area (Å²) in [6.45, 7) is 1.99. The molecule has 0 spiro atoms. The van der Waals surface area contributed by atoms with Crippen LogP contribution in [0.5, 0.6) is 5.75 Å². The average molecular weight is 417 g/mol. The third-order valence-corrected chi connectivity index (χ3v) is 8.12. The number of aliphatic imine (C=N–C) groups is 1. The predicted octanol–water partition coefficient (Wildman–Crippen LogP) is 2.92. The van der Waals surface area contributed by atoms with E-state index in [1.54, 1.807) is 24.3 Å². The van der Waals surface area contributed by atoms with E-state index >= 15 is 0 Å². The molecule has 6 nitrogen and oxygen atoms in total. The minimum Gasteiger partial charge on any atom is -0.496 e. The van der Waals surface area contributed by atoms with Gasteiger partial charge < -0.3 is 9.64 Å². The summed E-state index contributed by atoms with van der Waals surface area (Å²) in [5.74, 6) is 0.233. The van der Waals surface area contributed by atoms with Gasteiger partial charge in [-0.1, -0.05) is 41.6 Å². The highest BCUT2D eigenvalue weighted by Crippen LogP contribution is 2.41. The van der Waals surface area contributed by atoms with Crippen molar-refractivity contribution >= 4 is 38.4 Å². The molecule has 0 aliphatic carbocycles. The molecule has 146 valence electrons. The zero-order chi connectivity index (χ0) is 19.9. The van der Waals surface area contributed by atoms with Crippen LogP contribution in [0.25, 0.3) is 0 Å². The maximum Gasteiger partial charge on any atom is 0.283 e. The number of ether oxygens (including phenoxy) is 1. The van der Waals surface area contributed by atoms with Gasteiger partial charge in [-0.05, 0) is 31.2 Å². The Balaban J connectivity index is 1.73.